The van der Waals surface area contributed by atoms with E-state index in [0.717, 1.165) is 21.7 Å². The highest BCUT2D eigenvalue weighted by molar-refractivity contribution is 7.10. The minimum Gasteiger partial charge on any atom is -0.326 e. The molecule has 1 unspecified atom stereocenters. The van der Waals surface area contributed by atoms with Gasteiger partial charge in [0.1, 0.15) is 0 Å². The van der Waals surface area contributed by atoms with E-state index >= 15 is 0 Å². The molecule has 3 rings (SSSR count). The summed E-state index contributed by atoms with van der Waals surface area (Å²) in [5, 5.41) is 4.71. The first-order chi connectivity index (χ1) is 8.24. The summed E-state index contributed by atoms with van der Waals surface area (Å²) < 4.78 is 0. The fraction of sp³-hybridized carbons (Fsp3) is 0.154. The average Bonchev–Trinajstić information content (AvgIpc) is 2.94. The zero-order valence-corrected chi connectivity index (χ0v) is 10.5. The third kappa shape index (κ3) is 1.96. The SMILES string of the molecule is O=C1Cc2cc(C(Cl)c3cccs3)ccc2N1. The van der Waals surface area contributed by atoms with Crippen molar-refractivity contribution in [3.8, 4) is 0 Å². The maximum Gasteiger partial charge on any atom is 0.228 e. The summed E-state index contributed by atoms with van der Waals surface area (Å²) in [5.41, 5.74) is 2.99. The molecule has 4 heteroatoms. The van der Waals surface area contributed by atoms with Crippen molar-refractivity contribution in [1.82, 2.24) is 0 Å². The Balaban J connectivity index is 1.95. The fourth-order valence-corrected chi connectivity index (χ4v) is 3.10. The topological polar surface area (TPSA) is 29.1 Å². The van der Waals surface area contributed by atoms with E-state index < -0.39 is 0 Å². The first-order valence-corrected chi connectivity index (χ1v) is 6.66. The van der Waals surface area contributed by atoms with Crippen molar-refractivity contribution in [2.24, 2.45) is 0 Å². The number of fused-ring (bicyclic) bond motifs is 1. The zero-order chi connectivity index (χ0) is 11.8. The van der Waals surface area contributed by atoms with Gasteiger partial charge in [-0.05, 0) is 28.6 Å². The minimum atomic E-state index is -0.129. The molecule has 0 aliphatic carbocycles. The van der Waals surface area contributed by atoms with E-state index in [4.69, 9.17) is 11.6 Å². The van der Waals surface area contributed by atoms with Gasteiger partial charge in [-0.25, -0.2) is 0 Å². The Labute approximate surface area is 108 Å². The van der Waals surface area contributed by atoms with Gasteiger partial charge in [-0.2, -0.15) is 0 Å². The van der Waals surface area contributed by atoms with Crippen LogP contribution >= 0.6 is 22.9 Å². The van der Waals surface area contributed by atoms with Crippen molar-refractivity contribution in [2.75, 3.05) is 5.32 Å². The molecule has 0 spiro atoms. The van der Waals surface area contributed by atoms with E-state index in [-0.39, 0.29) is 11.3 Å². The Kier molecular flexibility index (Phi) is 2.65. The number of hydrogen-bond acceptors (Lipinski definition) is 2. The molecule has 1 aromatic carbocycles. The molecular weight excluding hydrogens is 254 g/mol. The largest absolute Gasteiger partial charge is 0.326 e. The molecule has 1 aliphatic rings. The highest BCUT2D eigenvalue weighted by Crippen LogP contribution is 2.34. The maximum absolute atomic E-state index is 11.3. The number of rotatable bonds is 2. The van der Waals surface area contributed by atoms with Crippen LogP contribution in [-0.4, -0.2) is 5.91 Å². The van der Waals surface area contributed by atoms with Gasteiger partial charge in [-0.3, -0.25) is 4.79 Å². The van der Waals surface area contributed by atoms with Crippen molar-refractivity contribution in [3.05, 3.63) is 51.7 Å². The number of carbonyl (C=O) groups excluding carboxylic acids is 1. The number of benzene rings is 1. The van der Waals surface area contributed by atoms with Crippen LogP contribution in [0.4, 0.5) is 5.69 Å². The second-order valence-electron chi connectivity index (χ2n) is 4.02. The van der Waals surface area contributed by atoms with Crippen molar-refractivity contribution in [1.29, 1.82) is 0 Å². The van der Waals surface area contributed by atoms with E-state index in [1.807, 2.05) is 35.7 Å². The van der Waals surface area contributed by atoms with Gasteiger partial charge in [0.15, 0.2) is 0 Å². The molecule has 2 heterocycles. The summed E-state index contributed by atoms with van der Waals surface area (Å²) in [6.45, 7) is 0. The molecule has 1 aliphatic heterocycles. The van der Waals surface area contributed by atoms with Gasteiger partial charge < -0.3 is 5.32 Å². The summed E-state index contributed by atoms with van der Waals surface area (Å²) in [7, 11) is 0. The van der Waals surface area contributed by atoms with Crippen molar-refractivity contribution in [3.63, 3.8) is 0 Å². The molecule has 2 nitrogen and oxygen atoms in total. The molecule has 0 fully saturated rings. The van der Waals surface area contributed by atoms with Crippen LogP contribution in [0.1, 0.15) is 21.4 Å². The van der Waals surface area contributed by atoms with E-state index in [2.05, 4.69) is 5.32 Å². The second kappa shape index (κ2) is 4.17. The lowest BCUT2D eigenvalue weighted by molar-refractivity contribution is -0.115. The Morgan fingerprint density at radius 2 is 2.24 bits per heavy atom. The van der Waals surface area contributed by atoms with Gasteiger partial charge in [-0.15, -0.1) is 22.9 Å². The highest BCUT2D eigenvalue weighted by atomic mass is 35.5. The van der Waals surface area contributed by atoms with Crippen LogP contribution in [0.3, 0.4) is 0 Å². The van der Waals surface area contributed by atoms with Gasteiger partial charge >= 0.3 is 0 Å². The van der Waals surface area contributed by atoms with Crippen LogP contribution in [0.15, 0.2) is 35.7 Å². The van der Waals surface area contributed by atoms with Crippen LogP contribution in [0.5, 0.6) is 0 Å². The van der Waals surface area contributed by atoms with Gasteiger partial charge in [0, 0.05) is 10.6 Å². The molecular formula is C13H10ClNOS. The lowest BCUT2D eigenvalue weighted by Gasteiger charge is -2.09. The number of hydrogen-bond donors (Lipinski definition) is 1. The van der Waals surface area contributed by atoms with Crippen LogP contribution < -0.4 is 5.32 Å². The Hall–Kier alpha value is -1.32. The number of nitrogens with one attached hydrogen (secondary N) is 1. The third-order valence-electron chi connectivity index (χ3n) is 2.84. The monoisotopic (exact) mass is 263 g/mol. The average molecular weight is 264 g/mol. The van der Waals surface area contributed by atoms with Crippen LogP contribution in [-0.2, 0) is 11.2 Å². The Morgan fingerprint density at radius 1 is 1.35 bits per heavy atom. The minimum absolute atomic E-state index is 0.0550. The number of thiophene rings is 1. The maximum atomic E-state index is 11.3. The number of halogens is 1. The lowest BCUT2D eigenvalue weighted by Crippen LogP contribution is -2.03. The summed E-state index contributed by atoms with van der Waals surface area (Å²) in [5.74, 6) is 0.0550. The summed E-state index contributed by atoms with van der Waals surface area (Å²) >= 11 is 8.06. The summed E-state index contributed by atoms with van der Waals surface area (Å²) in [6.07, 6.45) is 0.456. The van der Waals surface area contributed by atoms with Gasteiger partial charge in [-0.1, -0.05) is 18.2 Å². The quantitative estimate of drug-likeness (QED) is 0.825. The Bertz CT molecular complexity index is 565. The lowest BCUT2D eigenvalue weighted by atomic mass is 10.1. The summed E-state index contributed by atoms with van der Waals surface area (Å²) in [4.78, 5) is 12.4. The van der Waals surface area contributed by atoms with E-state index in [0.29, 0.717) is 6.42 Å². The van der Waals surface area contributed by atoms with Crippen molar-refractivity contribution >= 4 is 34.5 Å². The number of alkyl halides is 1. The van der Waals surface area contributed by atoms with Gasteiger partial charge in [0.2, 0.25) is 5.91 Å². The third-order valence-corrected chi connectivity index (χ3v) is 4.39. The molecule has 0 saturated heterocycles. The first-order valence-electron chi connectivity index (χ1n) is 5.34. The molecule has 0 saturated carbocycles. The molecule has 2 aromatic rings. The molecule has 1 aromatic heterocycles. The molecule has 0 bridgehead atoms. The standard InChI is InChI=1S/C13H10ClNOS/c14-13(11-2-1-5-17-11)8-3-4-10-9(6-8)7-12(16)15-10/h1-6,13H,7H2,(H,15,16). The molecule has 0 radical (unpaired) electrons. The molecule has 1 atom stereocenters. The fourth-order valence-electron chi connectivity index (χ4n) is 2.01. The van der Waals surface area contributed by atoms with Gasteiger partial charge in [0.05, 0.1) is 11.8 Å². The summed E-state index contributed by atoms with van der Waals surface area (Å²) in [6, 6.07) is 9.94. The molecule has 17 heavy (non-hydrogen) atoms. The van der Waals surface area contributed by atoms with Gasteiger partial charge in [0.25, 0.3) is 0 Å². The Morgan fingerprint density at radius 3 is 3.00 bits per heavy atom. The van der Waals surface area contributed by atoms with Crippen LogP contribution in [0.2, 0.25) is 0 Å². The normalized spacial score (nSPS) is 15.5. The second-order valence-corrected chi connectivity index (χ2v) is 5.44. The predicted octanol–water partition coefficient (Wildman–Crippen LogP) is 3.57. The first kappa shape index (κ1) is 10.8. The number of anilines is 1. The van der Waals surface area contributed by atoms with E-state index in [1.54, 1.807) is 11.3 Å². The predicted molar refractivity (Wildman–Crippen MR) is 70.8 cm³/mol. The van der Waals surface area contributed by atoms with Crippen molar-refractivity contribution in [2.45, 2.75) is 11.8 Å². The molecule has 1 amide bonds. The number of carbonyl (C=O) groups is 1. The van der Waals surface area contributed by atoms with Crippen LogP contribution in [0, 0.1) is 0 Å². The van der Waals surface area contributed by atoms with E-state index in [1.165, 1.54) is 0 Å². The molecule has 86 valence electrons. The van der Waals surface area contributed by atoms with Crippen LogP contribution in [0.25, 0.3) is 0 Å². The highest BCUT2D eigenvalue weighted by Gasteiger charge is 2.20. The van der Waals surface area contributed by atoms with E-state index in [9.17, 15) is 4.79 Å². The number of amides is 1. The molecule has 1 N–H and O–H groups in total. The smallest absolute Gasteiger partial charge is 0.228 e. The van der Waals surface area contributed by atoms with Crippen molar-refractivity contribution < 1.29 is 4.79 Å². The zero-order valence-electron chi connectivity index (χ0n) is 8.94.